The summed E-state index contributed by atoms with van der Waals surface area (Å²) >= 11 is 0. The van der Waals surface area contributed by atoms with Crippen LogP contribution in [0.2, 0.25) is 0 Å². The van der Waals surface area contributed by atoms with Gasteiger partial charge in [0, 0.05) is 43.7 Å². The Labute approximate surface area is 212 Å². The fourth-order valence-corrected chi connectivity index (χ4v) is 5.54. The average Bonchev–Trinajstić information content (AvgIpc) is 2.87. The molecule has 3 rings (SSSR count). The summed E-state index contributed by atoms with van der Waals surface area (Å²) in [6, 6.07) is 3.85. The Kier molecular flexibility index (Phi) is 11.2. The van der Waals surface area contributed by atoms with Crippen LogP contribution >= 0.6 is 0 Å². The Balaban J connectivity index is 1.66. The van der Waals surface area contributed by atoms with E-state index in [1.54, 1.807) is 4.90 Å². The van der Waals surface area contributed by atoms with E-state index in [1.165, 1.54) is 44.2 Å². The number of piperidine rings is 1. The summed E-state index contributed by atoms with van der Waals surface area (Å²) in [6.45, 7) is 1.63. The number of hydrogen-bond donors (Lipinski definition) is 4. The van der Waals surface area contributed by atoms with Crippen LogP contribution in [0, 0.1) is 23.5 Å². The lowest BCUT2D eigenvalue weighted by atomic mass is 9.85. The molecule has 1 aromatic carbocycles. The molecule has 1 aromatic rings. The lowest BCUT2D eigenvalue weighted by Gasteiger charge is -2.38. The minimum Gasteiger partial charge on any atom is -0.465 e. The van der Waals surface area contributed by atoms with Crippen LogP contribution in [0.1, 0.15) is 63.0 Å². The molecule has 3 atom stereocenters. The predicted octanol–water partition coefficient (Wildman–Crippen LogP) is 4.27. The lowest BCUT2D eigenvalue weighted by molar-refractivity contribution is -0.0108. The van der Waals surface area contributed by atoms with Crippen LogP contribution in [0.15, 0.2) is 18.2 Å². The van der Waals surface area contributed by atoms with E-state index in [2.05, 4.69) is 16.0 Å². The van der Waals surface area contributed by atoms with Gasteiger partial charge in [-0.05, 0) is 38.3 Å². The fraction of sp³-hybridized carbons (Fsp3) is 0.692. The van der Waals surface area contributed by atoms with Crippen molar-refractivity contribution >= 4 is 12.1 Å². The maximum atomic E-state index is 14.7. The molecule has 36 heavy (non-hydrogen) atoms. The lowest BCUT2D eigenvalue weighted by Crippen LogP contribution is -2.52. The molecule has 1 aliphatic heterocycles. The predicted molar refractivity (Wildman–Crippen MR) is 133 cm³/mol. The van der Waals surface area contributed by atoms with Gasteiger partial charge in [0.15, 0.2) is 11.6 Å². The van der Waals surface area contributed by atoms with E-state index >= 15 is 0 Å². The van der Waals surface area contributed by atoms with Gasteiger partial charge >= 0.3 is 12.1 Å². The molecule has 10 heteroatoms. The molecule has 2 aliphatic rings. The quantitative estimate of drug-likeness (QED) is 0.333. The number of carboxylic acid groups (broad SMARTS) is 1. The number of benzene rings is 1. The average molecular weight is 511 g/mol. The van der Waals surface area contributed by atoms with Crippen molar-refractivity contribution in [2.75, 3.05) is 39.8 Å². The summed E-state index contributed by atoms with van der Waals surface area (Å²) in [4.78, 5) is 25.7. The number of nitrogens with one attached hydrogen (secondary N) is 3. The Morgan fingerprint density at radius 1 is 1.17 bits per heavy atom. The van der Waals surface area contributed by atoms with Gasteiger partial charge < -0.3 is 30.7 Å². The first-order valence-corrected chi connectivity index (χ1v) is 13.1. The number of nitrogens with zero attached hydrogens (tertiary/aromatic N) is 1. The summed E-state index contributed by atoms with van der Waals surface area (Å²) in [5.41, 5.74) is 0.0861. The number of urea groups is 1. The highest BCUT2D eigenvalue weighted by atomic mass is 19.2. The normalized spacial score (nSPS) is 20.5. The molecule has 1 saturated heterocycles. The second-order valence-corrected chi connectivity index (χ2v) is 9.96. The van der Waals surface area contributed by atoms with Crippen molar-refractivity contribution in [1.29, 1.82) is 0 Å². The Hall–Kier alpha value is -2.46. The SMILES string of the molecule is CNCC(CC1CCCCC1)NC(=O)N1CCC[C@@H]([C@@H](OCCNC(=O)O)c2cccc(F)c2F)C1. The van der Waals surface area contributed by atoms with E-state index in [0.29, 0.717) is 38.4 Å². The first-order valence-electron chi connectivity index (χ1n) is 13.1. The van der Waals surface area contributed by atoms with E-state index in [9.17, 15) is 18.4 Å². The summed E-state index contributed by atoms with van der Waals surface area (Å²) in [7, 11) is 1.88. The minimum absolute atomic E-state index is 0.00124. The van der Waals surface area contributed by atoms with Crippen LogP contribution in [0.5, 0.6) is 0 Å². The molecule has 4 N–H and O–H groups in total. The molecule has 0 radical (unpaired) electrons. The number of rotatable bonds is 11. The molecule has 1 heterocycles. The zero-order valence-electron chi connectivity index (χ0n) is 21.1. The Morgan fingerprint density at radius 2 is 1.94 bits per heavy atom. The number of halogens is 2. The first kappa shape index (κ1) is 28.1. The van der Waals surface area contributed by atoms with Crippen molar-refractivity contribution in [2.45, 2.75) is 63.5 Å². The zero-order valence-corrected chi connectivity index (χ0v) is 21.1. The van der Waals surface area contributed by atoms with Crippen molar-refractivity contribution in [3.63, 3.8) is 0 Å². The molecule has 0 aromatic heterocycles. The van der Waals surface area contributed by atoms with Crippen LogP contribution in [-0.2, 0) is 4.74 Å². The largest absolute Gasteiger partial charge is 0.465 e. The van der Waals surface area contributed by atoms with Crippen molar-refractivity contribution in [3.05, 3.63) is 35.4 Å². The highest BCUT2D eigenvalue weighted by Crippen LogP contribution is 2.35. The highest BCUT2D eigenvalue weighted by Gasteiger charge is 2.34. The number of likely N-dealkylation sites (N-methyl/N-ethyl adjacent to an activating group) is 1. The topological polar surface area (TPSA) is 103 Å². The van der Waals surface area contributed by atoms with E-state index in [1.807, 2.05) is 7.05 Å². The van der Waals surface area contributed by atoms with Crippen LogP contribution < -0.4 is 16.0 Å². The number of amides is 3. The van der Waals surface area contributed by atoms with Gasteiger partial charge in [-0.25, -0.2) is 18.4 Å². The van der Waals surface area contributed by atoms with Crippen LogP contribution in [0.4, 0.5) is 18.4 Å². The fourth-order valence-electron chi connectivity index (χ4n) is 5.54. The molecule has 3 amide bonds. The number of carbonyl (C=O) groups is 2. The minimum atomic E-state index is -1.18. The van der Waals surface area contributed by atoms with Crippen molar-refractivity contribution in [2.24, 2.45) is 11.8 Å². The van der Waals surface area contributed by atoms with E-state index in [4.69, 9.17) is 9.84 Å². The van der Waals surface area contributed by atoms with Gasteiger partial charge in [0.1, 0.15) is 0 Å². The molecule has 8 nitrogen and oxygen atoms in total. The summed E-state index contributed by atoms with van der Waals surface area (Å²) < 4.78 is 34.6. The molecular weight excluding hydrogens is 470 g/mol. The highest BCUT2D eigenvalue weighted by molar-refractivity contribution is 5.74. The van der Waals surface area contributed by atoms with Crippen LogP contribution in [0.25, 0.3) is 0 Å². The third-order valence-electron chi connectivity index (χ3n) is 7.26. The third-order valence-corrected chi connectivity index (χ3v) is 7.26. The van der Waals surface area contributed by atoms with Gasteiger partial charge in [-0.2, -0.15) is 0 Å². The maximum absolute atomic E-state index is 14.7. The second kappa shape index (κ2) is 14.3. The van der Waals surface area contributed by atoms with Gasteiger partial charge in [0.25, 0.3) is 0 Å². The van der Waals surface area contributed by atoms with Gasteiger partial charge in [-0.15, -0.1) is 0 Å². The standard InChI is InChI=1S/C26H40F2N4O4/c1-29-16-20(15-18-7-3-2-4-8-18)31-25(33)32-13-6-9-19(17-32)24(36-14-12-30-26(34)35)21-10-5-11-22(27)23(21)28/h5,10-11,18-20,24,29-30H,2-4,6-9,12-17H2,1H3,(H,31,33)(H,34,35)/t19-,20?,24-/m1/s1. The van der Waals surface area contributed by atoms with Gasteiger partial charge in [0.05, 0.1) is 12.7 Å². The second-order valence-electron chi connectivity index (χ2n) is 9.96. The number of hydrogen-bond acceptors (Lipinski definition) is 4. The smallest absolute Gasteiger partial charge is 0.404 e. The molecule has 2 fully saturated rings. The van der Waals surface area contributed by atoms with Crippen molar-refractivity contribution < 1.29 is 28.2 Å². The molecule has 1 unspecified atom stereocenters. The van der Waals surface area contributed by atoms with E-state index in [0.717, 1.165) is 12.5 Å². The van der Waals surface area contributed by atoms with Gasteiger partial charge in [0.2, 0.25) is 0 Å². The Bertz CT molecular complexity index is 853. The van der Waals surface area contributed by atoms with Crippen LogP contribution in [-0.4, -0.2) is 68.0 Å². The van der Waals surface area contributed by atoms with Crippen molar-refractivity contribution in [1.82, 2.24) is 20.9 Å². The third kappa shape index (κ3) is 8.30. The molecule has 0 spiro atoms. The zero-order chi connectivity index (χ0) is 25.9. The maximum Gasteiger partial charge on any atom is 0.404 e. The number of carbonyl (C=O) groups excluding carboxylic acids is 1. The molecular formula is C26H40F2N4O4. The van der Waals surface area contributed by atoms with Crippen molar-refractivity contribution in [3.8, 4) is 0 Å². The molecule has 202 valence electrons. The summed E-state index contributed by atoms with van der Waals surface area (Å²) in [5.74, 6) is -1.57. The molecule has 1 aliphatic carbocycles. The van der Waals surface area contributed by atoms with E-state index in [-0.39, 0.29) is 36.7 Å². The number of likely N-dealkylation sites (tertiary alicyclic amines) is 1. The summed E-state index contributed by atoms with van der Waals surface area (Å²) in [5, 5.41) is 17.4. The monoisotopic (exact) mass is 510 g/mol. The van der Waals surface area contributed by atoms with Gasteiger partial charge in [-0.3, -0.25) is 0 Å². The summed E-state index contributed by atoms with van der Waals surface area (Å²) in [6.07, 6.45) is 6.54. The van der Waals surface area contributed by atoms with Crippen LogP contribution in [0.3, 0.4) is 0 Å². The molecule has 0 bridgehead atoms. The van der Waals surface area contributed by atoms with Gasteiger partial charge in [-0.1, -0.05) is 44.2 Å². The first-order chi connectivity index (χ1) is 17.4. The molecule has 1 saturated carbocycles. The Morgan fingerprint density at radius 3 is 2.67 bits per heavy atom. The number of ether oxygens (including phenoxy) is 1. The van der Waals surface area contributed by atoms with E-state index < -0.39 is 23.8 Å².